The first-order valence-corrected chi connectivity index (χ1v) is 5.12. The van der Waals surface area contributed by atoms with Crippen LogP contribution in [-0.2, 0) is 0 Å². The Labute approximate surface area is 89.8 Å². The molecular weight excluding hydrogens is 220 g/mol. The summed E-state index contributed by atoms with van der Waals surface area (Å²) >= 11 is 1.16. The Kier molecular flexibility index (Phi) is 4.06. The van der Waals surface area contributed by atoms with Crippen molar-refractivity contribution in [3.05, 3.63) is 29.8 Å². The number of halogens is 2. The lowest BCUT2D eigenvalue weighted by Crippen LogP contribution is -2.12. The summed E-state index contributed by atoms with van der Waals surface area (Å²) in [7, 11) is 0. The van der Waals surface area contributed by atoms with Gasteiger partial charge < -0.3 is 0 Å². The van der Waals surface area contributed by atoms with E-state index in [9.17, 15) is 8.78 Å². The topological polar surface area (TPSA) is 48.2 Å². The second-order valence-corrected chi connectivity index (χ2v) is 3.25. The maximum atomic E-state index is 13.1. The number of rotatable bonds is 1. The van der Waals surface area contributed by atoms with Crippen LogP contribution in [0.15, 0.2) is 23.2 Å². The largest absolute Gasteiger partial charge is 0.271 e. The molecule has 0 atom stereocenters. The van der Waals surface area contributed by atoms with Crippen LogP contribution in [0.3, 0.4) is 0 Å². The third-order valence-electron chi connectivity index (χ3n) is 1.49. The van der Waals surface area contributed by atoms with Crippen molar-refractivity contribution in [3.63, 3.8) is 0 Å². The first-order chi connectivity index (χ1) is 7.17. The fourth-order valence-electron chi connectivity index (χ4n) is 0.854. The summed E-state index contributed by atoms with van der Waals surface area (Å²) in [5.74, 6) is -1.42. The van der Waals surface area contributed by atoms with E-state index in [1.807, 2.05) is 0 Å². The van der Waals surface area contributed by atoms with Crippen LogP contribution < -0.4 is 5.32 Å². The number of amidine groups is 1. The number of benzene rings is 1. The molecule has 0 aliphatic heterocycles. The van der Waals surface area contributed by atoms with Crippen LogP contribution in [0.1, 0.15) is 0 Å². The van der Waals surface area contributed by atoms with Gasteiger partial charge in [0.25, 0.3) is 0 Å². The average molecular weight is 227 g/mol. The van der Waals surface area contributed by atoms with E-state index in [0.29, 0.717) is 0 Å². The van der Waals surface area contributed by atoms with E-state index in [1.54, 1.807) is 12.4 Å². The van der Waals surface area contributed by atoms with Crippen molar-refractivity contribution < 1.29 is 8.78 Å². The molecule has 0 fully saturated rings. The summed E-state index contributed by atoms with van der Waals surface area (Å²) < 4.78 is 25.7. The lowest BCUT2D eigenvalue weighted by Gasteiger charge is -2.00. The van der Waals surface area contributed by atoms with E-state index >= 15 is 0 Å². The molecule has 0 radical (unpaired) electrons. The molecule has 0 aromatic heterocycles. The van der Waals surface area contributed by atoms with E-state index in [1.165, 1.54) is 6.07 Å². The van der Waals surface area contributed by atoms with Gasteiger partial charge in [-0.05, 0) is 18.4 Å². The highest BCUT2D eigenvalue weighted by Gasteiger charge is 2.03. The normalized spacial score (nSPS) is 10.9. The highest BCUT2D eigenvalue weighted by atomic mass is 32.2. The molecule has 78 valence electrons. The molecule has 0 amide bonds. The lowest BCUT2D eigenvalue weighted by molar-refractivity contribution is 0.585. The predicted octanol–water partition coefficient (Wildman–Crippen LogP) is 2.39. The molecule has 3 nitrogen and oxygen atoms in total. The summed E-state index contributed by atoms with van der Waals surface area (Å²) in [5.41, 5.74) is -0.0106. The first kappa shape index (κ1) is 11.5. The molecule has 0 saturated carbocycles. The van der Waals surface area contributed by atoms with Crippen molar-refractivity contribution in [1.82, 2.24) is 5.32 Å². The quantitative estimate of drug-likeness (QED) is 0.347. The number of hydrogen-bond donors (Lipinski definition) is 1. The number of nitriles is 1. The van der Waals surface area contributed by atoms with Crippen molar-refractivity contribution in [1.29, 1.82) is 5.26 Å². The van der Waals surface area contributed by atoms with E-state index in [4.69, 9.17) is 5.26 Å². The minimum atomic E-state index is -0.763. The van der Waals surface area contributed by atoms with E-state index in [-0.39, 0.29) is 10.9 Å². The second kappa shape index (κ2) is 5.32. The number of nitrogens with one attached hydrogen (secondary N) is 1. The molecule has 1 aromatic rings. The minimum absolute atomic E-state index is 0.0106. The van der Waals surface area contributed by atoms with Crippen LogP contribution in [0.2, 0.25) is 0 Å². The summed E-state index contributed by atoms with van der Waals surface area (Å²) in [6.07, 6.45) is 3.36. The molecule has 15 heavy (non-hydrogen) atoms. The van der Waals surface area contributed by atoms with Crippen LogP contribution in [0, 0.1) is 23.1 Å². The van der Waals surface area contributed by atoms with Gasteiger partial charge >= 0.3 is 0 Å². The molecule has 0 unspecified atom stereocenters. The maximum absolute atomic E-state index is 13.1. The van der Waals surface area contributed by atoms with Crippen LogP contribution >= 0.6 is 11.8 Å². The molecule has 0 aliphatic carbocycles. The highest BCUT2D eigenvalue weighted by molar-refractivity contribution is 8.13. The number of nitrogens with zero attached hydrogens (tertiary/aromatic N) is 2. The Morgan fingerprint density at radius 2 is 2.27 bits per heavy atom. The third-order valence-corrected chi connectivity index (χ3v) is 2.07. The lowest BCUT2D eigenvalue weighted by atomic mass is 10.3. The Balaban J connectivity index is 3.01. The van der Waals surface area contributed by atoms with Crippen LogP contribution in [0.5, 0.6) is 0 Å². The fourth-order valence-corrected chi connectivity index (χ4v) is 1.19. The van der Waals surface area contributed by atoms with E-state index in [2.05, 4.69) is 10.3 Å². The molecule has 0 aliphatic rings. The Bertz CT molecular complexity index is 426. The molecule has 0 bridgehead atoms. The van der Waals surface area contributed by atoms with Crippen LogP contribution in [0.25, 0.3) is 0 Å². The van der Waals surface area contributed by atoms with Crippen molar-refractivity contribution in [2.45, 2.75) is 0 Å². The van der Waals surface area contributed by atoms with Crippen LogP contribution in [0.4, 0.5) is 14.5 Å². The number of hydrogen-bond acceptors (Lipinski definition) is 3. The van der Waals surface area contributed by atoms with Crippen molar-refractivity contribution in [3.8, 4) is 6.19 Å². The van der Waals surface area contributed by atoms with Gasteiger partial charge in [-0.15, -0.1) is 0 Å². The molecule has 1 aromatic carbocycles. The second-order valence-electron chi connectivity index (χ2n) is 2.45. The maximum Gasteiger partial charge on any atom is 0.183 e. The monoisotopic (exact) mass is 227 g/mol. The van der Waals surface area contributed by atoms with Crippen molar-refractivity contribution in [2.24, 2.45) is 4.99 Å². The van der Waals surface area contributed by atoms with Gasteiger partial charge in [0.05, 0.1) is 0 Å². The minimum Gasteiger partial charge on any atom is -0.271 e. The van der Waals surface area contributed by atoms with Gasteiger partial charge in [-0.25, -0.2) is 13.8 Å². The zero-order valence-electron chi connectivity index (χ0n) is 7.79. The zero-order valence-corrected chi connectivity index (χ0v) is 8.61. The van der Waals surface area contributed by atoms with Crippen molar-refractivity contribution in [2.75, 3.05) is 6.26 Å². The van der Waals surface area contributed by atoms with Gasteiger partial charge in [-0.2, -0.15) is 5.26 Å². The van der Waals surface area contributed by atoms with Gasteiger partial charge in [0.2, 0.25) is 0 Å². The molecule has 0 heterocycles. The smallest absolute Gasteiger partial charge is 0.183 e. The molecule has 0 saturated heterocycles. The number of aliphatic imine (C=N–C) groups is 1. The standard InChI is InChI=1S/C9H7F2N3S/c1-15-9(13-5-12)14-8-3-2-6(10)4-7(8)11/h2-4H,1H3,(H,13,14). The van der Waals surface area contributed by atoms with Gasteiger partial charge in [-0.1, -0.05) is 11.8 Å². The Hall–Kier alpha value is -1.61. The summed E-state index contributed by atoms with van der Waals surface area (Å²) in [6.45, 7) is 0. The van der Waals surface area contributed by atoms with Gasteiger partial charge in [0.1, 0.15) is 11.5 Å². The van der Waals surface area contributed by atoms with E-state index < -0.39 is 11.6 Å². The van der Waals surface area contributed by atoms with Crippen molar-refractivity contribution >= 4 is 22.6 Å². The highest BCUT2D eigenvalue weighted by Crippen LogP contribution is 2.19. The molecule has 0 spiro atoms. The third kappa shape index (κ3) is 3.22. The Morgan fingerprint density at radius 3 is 2.80 bits per heavy atom. The van der Waals surface area contributed by atoms with Gasteiger partial charge in [-0.3, -0.25) is 5.32 Å². The molecule has 1 rings (SSSR count). The molecular formula is C9H7F2N3S. The fraction of sp³-hybridized carbons (Fsp3) is 0.111. The number of thioether (sulfide) groups is 1. The first-order valence-electron chi connectivity index (χ1n) is 3.90. The molecule has 1 N–H and O–H groups in total. The van der Waals surface area contributed by atoms with Gasteiger partial charge in [0, 0.05) is 6.07 Å². The molecule has 6 heteroatoms. The summed E-state index contributed by atoms with van der Waals surface area (Å²) in [4.78, 5) is 3.81. The predicted molar refractivity (Wildman–Crippen MR) is 55.7 cm³/mol. The van der Waals surface area contributed by atoms with E-state index in [0.717, 1.165) is 23.9 Å². The summed E-state index contributed by atoms with van der Waals surface area (Å²) in [5, 5.41) is 10.9. The Morgan fingerprint density at radius 1 is 1.53 bits per heavy atom. The SMILES string of the molecule is CSC(=Nc1ccc(F)cc1F)NC#N. The zero-order chi connectivity index (χ0) is 11.3. The van der Waals surface area contributed by atoms with Crippen LogP contribution in [-0.4, -0.2) is 11.4 Å². The summed E-state index contributed by atoms with van der Waals surface area (Å²) in [6, 6.07) is 3.05. The average Bonchev–Trinajstić information content (AvgIpc) is 2.21. The van der Waals surface area contributed by atoms with Gasteiger partial charge in [0.15, 0.2) is 17.2 Å².